The zero-order valence-electron chi connectivity index (χ0n) is 48.3. The van der Waals surface area contributed by atoms with Crippen LogP contribution in [0.4, 0.5) is 0 Å². The second-order valence-corrected chi connectivity index (χ2v) is 20.7. The number of allylic oxidation sites excluding steroid dienone is 19. The van der Waals surface area contributed by atoms with Crippen LogP contribution in [0.5, 0.6) is 0 Å². The minimum Gasteiger partial charge on any atom is -0.394 e. The standard InChI is InChI=1S/C65H107NO13/c1-3-5-7-9-11-13-15-16-17-18-19-20-21-22-23-24-25-26-27-28-29-30-31-32-33-34-35-36-37-38-39-41-43-45-47-49-57(70)66-53(54(69)48-46-44-42-40-14-12-10-8-6-4-2)52-76-64-62(75)60(73)63(56(51-68)78-64)79-65-61(74)59(72)58(71)55(50-67)77-65/h5,7,11,13,16-17,19-20,22-23,25-26,28-29,31-32,34-35,46,48,53-56,58-65,67-69,71-75H,3-4,6,8-10,12,14-15,18,21,24,27,30,33,36-45,47,49-52H2,1-2H3,(H,66,70)/b7-5-,13-11-,17-16-,20-19-,23-22-,26-25-,29-28-,32-31-,35-34-,48-46+. The van der Waals surface area contributed by atoms with Gasteiger partial charge in [0, 0.05) is 6.42 Å². The Balaban J connectivity index is 1.66. The van der Waals surface area contributed by atoms with Crippen molar-refractivity contribution >= 4 is 5.91 Å². The summed E-state index contributed by atoms with van der Waals surface area (Å²) in [5.41, 5.74) is 0. The van der Waals surface area contributed by atoms with Crippen LogP contribution in [0.25, 0.3) is 0 Å². The number of nitrogens with one attached hydrogen (secondary N) is 1. The molecule has 0 spiro atoms. The topological polar surface area (TPSA) is 228 Å². The Labute approximate surface area is 476 Å². The van der Waals surface area contributed by atoms with Crippen molar-refractivity contribution in [1.82, 2.24) is 5.32 Å². The van der Waals surface area contributed by atoms with Crippen LogP contribution in [-0.4, -0.2) is 140 Å². The van der Waals surface area contributed by atoms with Crippen molar-refractivity contribution < 1.29 is 64.6 Å². The molecule has 2 aliphatic rings. The molecule has 2 heterocycles. The Morgan fingerprint density at radius 3 is 1.34 bits per heavy atom. The van der Waals surface area contributed by atoms with Gasteiger partial charge in [0.1, 0.15) is 48.8 Å². The van der Waals surface area contributed by atoms with Crippen LogP contribution in [0.2, 0.25) is 0 Å². The maximum atomic E-state index is 13.2. The first-order valence-electron chi connectivity index (χ1n) is 30.3. The van der Waals surface area contributed by atoms with Gasteiger partial charge in [-0.25, -0.2) is 0 Å². The summed E-state index contributed by atoms with van der Waals surface area (Å²) in [5, 5.41) is 86.8. The second-order valence-electron chi connectivity index (χ2n) is 20.7. The molecule has 0 aliphatic carbocycles. The van der Waals surface area contributed by atoms with Gasteiger partial charge in [0.25, 0.3) is 0 Å². The lowest BCUT2D eigenvalue weighted by molar-refractivity contribution is -0.359. The Hall–Kier alpha value is -3.61. The lowest BCUT2D eigenvalue weighted by Crippen LogP contribution is -2.65. The molecule has 0 aromatic carbocycles. The quantitative estimate of drug-likeness (QED) is 0.0204. The predicted molar refractivity (Wildman–Crippen MR) is 318 cm³/mol. The van der Waals surface area contributed by atoms with Gasteiger partial charge in [-0.3, -0.25) is 4.79 Å². The normalized spacial score (nSPS) is 25.3. The van der Waals surface area contributed by atoms with Crippen molar-refractivity contribution in [2.24, 2.45) is 0 Å². The smallest absolute Gasteiger partial charge is 0.220 e. The van der Waals surface area contributed by atoms with E-state index in [9.17, 15) is 45.6 Å². The number of aliphatic hydroxyl groups is 8. The van der Waals surface area contributed by atoms with Crippen LogP contribution < -0.4 is 5.32 Å². The van der Waals surface area contributed by atoms with Crippen molar-refractivity contribution in [3.63, 3.8) is 0 Å². The van der Waals surface area contributed by atoms with E-state index in [1.54, 1.807) is 6.08 Å². The van der Waals surface area contributed by atoms with Crippen LogP contribution in [-0.2, 0) is 23.7 Å². The molecule has 2 rings (SSSR count). The number of ether oxygens (including phenoxy) is 4. The van der Waals surface area contributed by atoms with E-state index in [0.717, 1.165) is 128 Å². The van der Waals surface area contributed by atoms with Gasteiger partial charge in [0.05, 0.1) is 32.0 Å². The zero-order valence-corrected chi connectivity index (χ0v) is 48.3. The average molecular weight is 1110 g/mol. The summed E-state index contributed by atoms with van der Waals surface area (Å²) in [5.74, 6) is -0.259. The fourth-order valence-corrected chi connectivity index (χ4v) is 9.05. The van der Waals surface area contributed by atoms with Crippen LogP contribution in [0, 0.1) is 0 Å². The van der Waals surface area contributed by atoms with Crippen LogP contribution in [0.3, 0.4) is 0 Å². The first-order chi connectivity index (χ1) is 38.6. The van der Waals surface area contributed by atoms with E-state index >= 15 is 0 Å². The fraction of sp³-hybridized carbons (Fsp3) is 0.677. The number of rotatable bonds is 46. The molecule has 450 valence electrons. The largest absolute Gasteiger partial charge is 0.394 e. The van der Waals surface area contributed by atoms with Gasteiger partial charge in [0.15, 0.2) is 12.6 Å². The molecule has 2 saturated heterocycles. The van der Waals surface area contributed by atoms with E-state index in [1.807, 2.05) is 6.08 Å². The van der Waals surface area contributed by atoms with E-state index in [4.69, 9.17) is 18.9 Å². The van der Waals surface area contributed by atoms with Crippen LogP contribution >= 0.6 is 0 Å². The number of carbonyl (C=O) groups is 1. The SMILES string of the molecule is CC/C=C\C/C=C\C/C=C\C/C=C\C/C=C\C/C=C\C/C=C\C/C=C\C/C=C\CCCCCCCCCC(=O)NC(COC1OC(CO)C(OC2OC(CO)C(O)C(O)C2O)C(O)C1O)C(O)/C=C/CCCCCCCCCC. The molecule has 0 bridgehead atoms. The molecule has 0 aromatic heterocycles. The van der Waals surface area contributed by atoms with E-state index in [1.165, 1.54) is 32.1 Å². The number of aliphatic hydroxyl groups excluding tert-OH is 8. The minimum absolute atomic E-state index is 0.259. The number of hydrogen-bond donors (Lipinski definition) is 9. The lowest BCUT2D eigenvalue weighted by atomic mass is 9.97. The number of unbranched alkanes of at least 4 members (excludes halogenated alkanes) is 15. The second kappa shape index (κ2) is 49.0. The van der Waals surface area contributed by atoms with Gasteiger partial charge in [-0.15, -0.1) is 0 Å². The van der Waals surface area contributed by atoms with Gasteiger partial charge in [-0.2, -0.15) is 0 Å². The summed E-state index contributed by atoms with van der Waals surface area (Å²) < 4.78 is 22.7. The maximum Gasteiger partial charge on any atom is 0.220 e. The zero-order chi connectivity index (χ0) is 57.4. The Bertz CT molecular complexity index is 1790. The highest BCUT2D eigenvalue weighted by molar-refractivity contribution is 5.76. The highest BCUT2D eigenvalue weighted by Crippen LogP contribution is 2.30. The molecule has 0 radical (unpaired) electrons. The molecule has 14 nitrogen and oxygen atoms in total. The number of amides is 1. The minimum atomic E-state index is -1.79. The summed E-state index contributed by atoms with van der Waals surface area (Å²) >= 11 is 0. The molecule has 0 aromatic rings. The summed E-state index contributed by atoms with van der Waals surface area (Å²) in [7, 11) is 0. The van der Waals surface area contributed by atoms with Crippen LogP contribution in [0.15, 0.2) is 122 Å². The summed E-state index contributed by atoms with van der Waals surface area (Å²) in [4.78, 5) is 13.2. The molecule has 12 unspecified atom stereocenters. The number of carbonyl (C=O) groups excluding carboxylic acids is 1. The molecule has 2 aliphatic heterocycles. The van der Waals surface area contributed by atoms with E-state index in [-0.39, 0.29) is 18.9 Å². The van der Waals surface area contributed by atoms with Gasteiger partial charge in [-0.1, -0.05) is 212 Å². The fourth-order valence-electron chi connectivity index (χ4n) is 9.05. The van der Waals surface area contributed by atoms with Gasteiger partial charge >= 0.3 is 0 Å². The summed E-state index contributed by atoms with van der Waals surface area (Å²) in [6.07, 6.45) is 54.0. The third kappa shape index (κ3) is 34.4. The van der Waals surface area contributed by atoms with Gasteiger partial charge in [0.2, 0.25) is 5.91 Å². The van der Waals surface area contributed by atoms with E-state index in [0.29, 0.717) is 6.42 Å². The van der Waals surface area contributed by atoms with Crippen molar-refractivity contribution in [1.29, 1.82) is 0 Å². The van der Waals surface area contributed by atoms with Crippen LogP contribution in [0.1, 0.15) is 187 Å². The Morgan fingerprint density at radius 1 is 0.468 bits per heavy atom. The molecule has 79 heavy (non-hydrogen) atoms. The third-order valence-corrected chi connectivity index (χ3v) is 13.9. The van der Waals surface area contributed by atoms with Crippen molar-refractivity contribution in [3.8, 4) is 0 Å². The molecule has 0 saturated carbocycles. The monoisotopic (exact) mass is 1110 g/mol. The Morgan fingerprint density at radius 2 is 0.873 bits per heavy atom. The van der Waals surface area contributed by atoms with Gasteiger partial charge in [-0.05, 0) is 89.9 Å². The Kier molecular flexibility index (Phi) is 44.4. The van der Waals surface area contributed by atoms with Crippen molar-refractivity contribution in [3.05, 3.63) is 122 Å². The molecule has 14 heteroatoms. The third-order valence-electron chi connectivity index (χ3n) is 13.9. The van der Waals surface area contributed by atoms with E-state index in [2.05, 4.69) is 129 Å². The highest BCUT2D eigenvalue weighted by Gasteiger charge is 2.51. The average Bonchev–Trinajstić information content (AvgIpc) is 3.47. The lowest BCUT2D eigenvalue weighted by Gasteiger charge is -2.46. The van der Waals surface area contributed by atoms with Crippen molar-refractivity contribution in [2.75, 3.05) is 19.8 Å². The molecule has 1 amide bonds. The predicted octanol–water partition coefficient (Wildman–Crippen LogP) is 10.6. The van der Waals surface area contributed by atoms with Crippen molar-refractivity contribution in [2.45, 2.75) is 261 Å². The number of hydrogen-bond acceptors (Lipinski definition) is 13. The summed E-state index contributed by atoms with van der Waals surface area (Å²) in [6.45, 7) is 2.62. The van der Waals surface area contributed by atoms with E-state index < -0.39 is 86.8 Å². The first kappa shape index (κ1) is 71.5. The highest BCUT2D eigenvalue weighted by atomic mass is 16.7. The summed E-state index contributed by atoms with van der Waals surface area (Å²) in [6, 6.07) is -0.928. The van der Waals surface area contributed by atoms with Gasteiger partial charge < -0.3 is 65.1 Å². The molecular weight excluding hydrogens is 1000 g/mol. The first-order valence-corrected chi connectivity index (χ1v) is 30.3. The molecule has 2 fully saturated rings. The molecular formula is C65H107NO13. The maximum absolute atomic E-state index is 13.2. The molecule has 12 atom stereocenters. The molecule has 9 N–H and O–H groups in total.